The van der Waals surface area contributed by atoms with Gasteiger partial charge in [0.2, 0.25) is 0 Å². The second-order valence-electron chi connectivity index (χ2n) is 5.94. The van der Waals surface area contributed by atoms with Crippen molar-refractivity contribution in [3.8, 4) is 5.82 Å². The van der Waals surface area contributed by atoms with Gasteiger partial charge >= 0.3 is 0 Å². The molecule has 1 unspecified atom stereocenters. The minimum absolute atomic E-state index is 0.426. The minimum atomic E-state index is 0.426. The first kappa shape index (κ1) is 13.4. The predicted octanol–water partition coefficient (Wildman–Crippen LogP) is 2.62. The molecule has 1 aliphatic rings. The van der Waals surface area contributed by atoms with Gasteiger partial charge < -0.3 is 4.90 Å². The monoisotopic (exact) mass is 293 g/mol. The molecule has 0 aromatic carbocycles. The third-order valence-corrected chi connectivity index (χ3v) is 4.31. The Kier molecular flexibility index (Phi) is 3.35. The molecular weight excluding hydrogens is 274 g/mol. The van der Waals surface area contributed by atoms with Crippen LogP contribution in [0.1, 0.15) is 24.6 Å². The number of fused-ring (bicyclic) bond motifs is 1. The number of nitrogens with zero attached hydrogens (tertiary/aromatic N) is 5. The Morgan fingerprint density at radius 3 is 2.82 bits per heavy atom. The first-order chi connectivity index (χ1) is 10.8. The molecule has 5 heteroatoms. The van der Waals surface area contributed by atoms with E-state index in [1.165, 1.54) is 19.4 Å². The number of hydrogen-bond acceptors (Lipinski definition) is 4. The highest BCUT2D eigenvalue weighted by molar-refractivity contribution is 5.73. The normalized spacial score (nSPS) is 19.6. The molecule has 0 N–H and O–H groups in total. The molecule has 0 spiro atoms. The zero-order valence-corrected chi connectivity index (χ0v) is 12.7. The molecule has 0 bridgehead atoms. The van der Waals surface area contributed by atoms with E-state index in [-0.39, 0.29) is 0 Å². The van der Waals surface area contributed by atoms with Crippen molar-refractivity contribution in [2.75, 3.05) is 20.1 Å². The van der Waals surface area contributed by atoms with E-state index in [2.05, 4.69) is 26.5 Å². The van der Waals surface area contributed by atoms with Crippen molar-refractivity contribution in [3.63, 3.8) is 0 Å². The van der Waals surface area contributed by atoms with Gasteiger partial charge in [-0.25, -0.2) is 15.0 Å². The van der Waals surface area contributed by atoms with Gasteiger partial charge in [0.05, 0.1) is 0 Å². The van der Waals surface area contributed by atoms with Crippen molar-refractivity contribution in [2.45, 2.75) is 18.8 Å². The third kappa shape index (κ3) is 2.27. The van der Waals surface area contributed by atoms with Crippen LogP contribution < -0.4 is 0 Å². The largest absolute Gasteiger partial charge is 0.306 e. The lowest BCUT2D eigenvalue weighted by atomic mass is 9.97. The van der Waals surface area contributed by atoms with Crippen LogP contribution in [0.5, 0.6) is 0 Å². The molecule has 0 saturated carbocycles. The predicted molar refractivity (Wildman–Crippen MR) is 86.1 cm³/mol. The van der Waals surface area contributed by atoms with Gasteiger partial charge in [0, 0.05) is 24.9 Å². The first-order valence-corrected chi connectivity index (χ1v) is 7.76. The highest BCUT2D eigenvalue weighted by atomic mass is 15.2. The van der Waals surface area contributed by atoms with Crippen LogP contribution in [0, 0.1) is 0 Å². The standard InChI is InChI=1S/C17H19N5/c1-21-11-5-6-13(12-21)16-20-14-7-4-10-19-17(14)22(16)15-8-2-3-9-18-15/h2-4,7-10,13H,5-6,11-12H2,1H3. The second kappa shape index (κ2) is 5.50. The number of pyridine rings is 2. The van der Waals surface area contributed by atoms with Crippen LogP contribution in [0.3, 0.4) is 0 Å². The maximum Gasteiger partial charge on any atom is 0.165 e. The number of likely N-dealkylation sites (tertiary alicyclic amines) is 1. The van der Waals surface area contributed by atoms with E-state index in [0.29, 0.717) is 5.92 Å². The summed E-state index contributed by atoms with van der Waals surface area (Å²) in [5.41, 5.74) is 1.83. The topological polar surface area (TPSA) is 46.8 Å². The van der Waals surface area contributed by atoms with Gasteiger partial charge in [-0.05, 0) is 50.7 Å². The fourth-order valence-corrected chi connectivity index (χ4v) is 3.29. The summed E-state index contributed by atoms with van der Waals surface area (Å²) < 4.78 is 2.12. The van der Waals surface area contributed by atoms with Gasteiger partial charge in [0.1, 0.15) is 17.2 Å². The molecule has 1 aliphatic heterocycles. The Hall–Kier alpha value is -2.27. The Morgan fingerprint density at radius 1 is 1.09 bits per heavy atom. The van der Waals surface area contributed by atoms with Crippen molar-refractivity contribution in [2.24, 2.45) is 0 Å². The SMILES string of the molecule is CN1CCCC(c2nc3cccnc3n2-c2ccccn2)C1. The number of rotatable bonds is 2. The van der Waals surface area contributed by atoms with E-state index >= 15 is 0 Å². The molecule has 1 fully saturated rings. The maximum absolute atomic E-state index is 4.88. The van der Waals surface area contributed by atoms with Gasteiger partial charge in [-0.1, -0.05) is 6.07 Å². The molecule has 0 radical (unpaired) electrons. The van der Waals surface area contributed by atoms with Crippen molar-refractivity contribution < 1.29 is 0 Å². The molecule has 4 heterocycles. The molecule has 3 aromatic heterocycles. The summed E-state index contributed by atoms with van der Waals surface area (Å²) in [4.78, 5) is 16.3. The molecule has 4 rings (SSSR count). The maximum atomic E-state index is 4.88. The smallest absolute Gasteiger partial charge is 0.165 e. The van der Waals surface area contributed by atoms with E-state index in [1.54, 1.807) is 0 Å². The lowest BCUT2D eigenvalue weighted by molar-refractivity contribution is 0.245. The van der Waals surface area contributed by atoms with Crippen LogP contribution >= 0.6 is 0 Å². The zero-order valence-electron chi connectivity index (χ0n) is 12.7. The van der Waals surface area contributed by atoms with Crippen molar-refractivity contribution in [1.29, 1.82) is 0 Å². The second-order valence-corrected chi connectivity index (χ2v) is 5.94. The molecular formula is C17H19N5. The van der Waals surface area contributed by atoms with Gasteiger partial charge in [0.25, 0.3) is 0 Å². The summed E-state index contributed by atoms with van der Waals surface area (Å²) in [6.07, 6.45) is 6.02. The Balaban J connectivity index is 1.90. The average molecular weight is 293 g/mol. The zero-order chi connectivity index (χ0) is 14.9. The van der Waals surface area contributed by atoms with Crippen molar-refractivity contribution in [1.82, 2.24) is 24.4 Å². The highest BCUT2D eigenvalue weighted by Gasteiger charge is 2.26. The van der Waals surface area contributed by atoms with Gasteiger partial charge in [-0.2, -0.15) is 0 Å². The molecule has 3 aromatic rings. The molecule has 0 amide bonds. The summed E-state index contributed by atoms with van der Waals surface area (Å²) in [5.74, 6) is 2.40. The molecule has 1 saturated heterocycles. The summed E-state index contributed by atoms with van der Waals surface area (Å²) >= 11 is 0. The van der Waals surface area contributed by atoms with E-state index in [9.17, 15) is 0 Å². The molecule has 1 atom stereocenters. The van der Waals surface area contributed by atoms with Crippen LogP contribution in [0.25, 0.3) is 17.0 Å². The van der Waals surface area contributed by atoms with Gasteiger partial charge in [-0.3, -0.25) is 4.57 Å². The number of hydrogen-bond donors (Lipinski definition) is 0. The Bertz CT molecular complexity index is 780. The van der Waals surface area contributed by atoms with Crippen LogP contribution in [-0.4, -0.2) is 44.6 Å². The Labute approximate surface area is 129 Å². The van der Waals surface area contributed by atoms with E-state index in [4.69, 9.17) is 4.98 Å². The van der Waals surface area contributed by atoms with Crippen LogP contribution in [0.2, 0.25) is 0 Å². The number of aromatic nitrogens is 4. The summed E-state index contributed by atoms with van der Waals surface area (Å²) in [6.45, 7) is 2.20. The fourth-order valence-electron chi connectivity index (χ4n) is 3.29. The molecule has 5 nitrogen and oxygen atoms in total. The summed E-state index contributed by atoms with van der Waals surface area (Å²) in [5, 5.41) is 0. The van der Waals surface area contributed by atoms with E-state index < -0.39 is 0 Å². The van der Waals surface area contributed by atoms with Gasteiger partial charge in [-0.15, -0.1) is 0 Å². The number of imidazole rings is 1. The Morgan fingerprint density at radius 2 is 2.00 bits per heavy atom. The number of likely N-dealkylation sites (N-methyl/N-ethyl adjacent to an activating group) is 1. The van der Waals surface area contributed by atoms with Crippen LogP contribution in [-0.2, 0) is 0 Å². The molecule has 112 valence electrons. The molecule has 0 aliphatic carbocycles. The third-order valence-electron chi connectivity index (χ3n) is 4.31. The van der Waals surface area contributed by atoms with Crippen LogP contribution in [0.15, 0.2) is 42.7 Å². The quantitative estimate of drug-likeness (QED) is 0.728. The van der Waals surface area contributed by atoms with Crippen molar-refractivity contribution >= 4 is 11.2 Å². The van der Waals surface area contributed by atoms with Crippen molar-refractivity contribution in [3.05, 3.63) is 48.5 Å². The van der Waals surface area contributed by atoms with Crippen LogP contribution in [0.4, 0.5) is 0 Å². The average Bonchev–Trinajstić information content (AvgIpc) is 2.95. The first-order valence-electron chi connectivity index (χ1n) is 7.76. The van der Waals surface area contributed by atoms with E-state index in [1.807, 2.05) is 42.7 Å². The van der Waals surface area contributed by atoms with E-state index in [0.717, 1.165) is 29.4 Å². The lowest BCUT2D eigenvalue weighted by Crippen LogP contribution is -2.32. The lowest BCUT2D eigenvalue weighted by Gasteiger charge is -2.29. The number of piperidine rings is 1. The fraction of sp³-hybridized carbons (Fsp3) is 0.353. The summed E-state index contributed by atoms with van der Waals surface area (Å²) in [7, 11) is 2.18. The van der Waals surface area contributed by atoms with Gasteiger partial charge in [0.15, 0.2) is 5.65 Å². The molecule has 22 heavy (non-hydrogen) atoms. The summed E-state index contributed by atoms with van der Waals surface area (Å²) in [6, 6.07) is 9.93. The highest BCUT2D eigenvalue weighted by Crippen LogP contribution is 2.29. The minimum Gasteiger partial charge on any atom is -0.306 e.